The topological polar surface area (TPSA) is 110 Å². The molecule has 1 amide bonds. The van der Waals surface area contributed by atoms with E-state index in [-0.39, 0.29) is 21.2 Å². The molecular formula is C16H14ClFN6O3S. The van der Waals surface area contributed by atoms with Gasteiger partial charge >= 0.3 is 0 Å². The lowest BCUT2D eigenvalue weighted by Gasteiger charge is -2.14. The third-order valence-electron chi connectivity index (χ3n) is 3.76. The Bertz CT molecular complexity index is 1140. The first-order chi connectivity index (χ1) is 13.2. The molecule has 0 radical (unpaired) electrons. The van der Waals surface area contributed by atoms with E-state index < -0.39 is 21.7 Å². The minimum atomic E-state index is -3.86. The standard InChI is InChI=1S/C16H14ClFN6O3S/c1-23(2)28(26,27)15-7-10(3-5-12(15)17)16(25)20-14-8-11(4-6-13(14)18)24-9-19-21-22-24/h3-9H,1-2H3,(H,20,25). The minimum Gasteiger partial charge on any atom is -0.319 e. The smallest absolute Gasteiger partial charge is 0.255 e. The number of sulfonamides is 1. The van der Waals surface area contributed by atoms with Gasteiger partial charge in [0.1, 0.15) is 17.0 Å². The molecule has 0 aliphatic heterocycles. The molecule has 3 rings (SSSR count). The van der Waals surface area contributed by atoms with Crippen LogP contribution in [0.2, 0.25) is 5.02 Å². The maximum absolute atomic E-state index is 14.1. The highest BCUT2D eigenvalue weighted by molar-refractivity contribution is 7.89. The molecule has 2 aromatic carbocycles. The van der Waals surface area contributed by atoms with Gasteiger partial charge in [-0.2, -0.15) is 0 Å². The maximum atomic E-state index is 14.1. The van der Waals surface area contributed by atoms with Gasteiger partial charge in [-0.25, -0.2) is 21.8 Å². The number of anilines is 1. The second-order valence-corrected chi connectivity index (χ2v) is 8.33. The van der Waals surface area contributed by atoms with Crippen LogP contribution in [0.15, 0.2) is 47.6 Å². The highest BCUT2D eigenvalue weighted by atomic mass is 35.5. The van der Waals surface area contributed by atoms with Gasteiger partial charge in [0.25, 0.3) is 5.91 Å². The van der Waals surface area contributed by atoms with Crippen LogP contribution in [0.1, 0.15) is 10.4 Å². The summed E-state index contributed by atoms with van der Waals surface area (Å²) in [4.78, 5) is 12.3. The van der Waals surface area contributed by atoms with Crippen molar-refractivity contribution in [2.45, 2.75) is 4.90 Å². The molecule has 0 aliphatic rings. The molecule has 0 aliphatic carbocycles. The van der Waals surface area contributed by atoms with Crippen LogP contribution in [-0.2, 0) is 10.0 Å². The molecule has 0 spiro atoms. The molecular weight excluding hydrogens is 411 g/mol. The summed E-state index contributed by atoms with van der Waals surface area (Å²) in [6, 6.07) is 7.70. The molecule has 0 atom stereocenters. The molecule has 3 aromatic rings. The van der Waals surface area contributed by atoms with Crippen LogP contribution in [0, 0.1) is 5.82 Å². The van der Waals surface area contributed by atoms with Crippen LogP contribution in [-0.4, -0.2) is 52.9 Å². The average Bonchev–Trinajstić information content (AvgIpc) is 3.18. The van der Waals surface area contributed by atoms with Gasteiger partial charge in [0.2, 0.25) is 10.0 Å². The lowest BCUT2D eigenvalue weighted by atomic mass is 10.2. The van der Waals surface area contributed by atoms with Crippen molar-refractivity contribution in [3.63, 3.8) is 0 Å². The van der Waals surface area contributed by atoms with Crippen molar-refractivity contribution in [2.24, 2.45) is 0 Å². The predicted octanol–water partition coefficient (Wildman–Crippen LogP) is 1.96. The summed E-state index contributed by atoms with van der Waals surface area (Å²) >= 11 is 5.97. The summed E-state index contributed by atoms with van der Waals surface area (Å²) in [6.07, 6.45) is 1.32. The summed E-state index contributed by atoms with van der Waals surface area (Å²) in [5.41, 5.74) is 0.302. The van der Waals surface area contributed by atoms with E-state index in [1.165, 1.54) is 49.4 Å². The van der Waals surface area contributed by atoms with Gasteiger partial charge in [0.15, 0.2) is 0 Å². The second-order valence-electron chi connectivity index (χ2n) is 5.81. The predicted molar refractivity (Wildman–Crippen MR) is 99.4 cm³/mol. The first kappa shape index (κ1) is 19.9. The Labute approximate surface area is 164 Å². The molecule has 28 heavy (non-hydrogen) atoms. The van der Waals surface area contributed by atoms with Crippen molar-refractivity contribution < 1.29 is 17.6 Å². The van der Waals surface area contributed by atoms with Crippen molar-refractivity contribution >= 4 is 33.2 Å². The van der Waals surface area contributed by atoms with E-state index in [0.717, 1.165) is 16.4 Å². The second kappa shape index (κ2) is 7.62. The molecule has 0 unspecified atom stereocenters. The van der Waals surface area contributed by atoms with Crippen LogP contribution < -0.4 is 5.32 Å². The number of tetrazole rings is 1. The van der Waals surface area contributed by atoms with Crippen LogP contribution in [0.5, 0.6) is 0 Å². The number of hydrogen-bond acceptors (Lipinski definition) is 6. The number of halogens is 2. The third-order valence-corrected chi connectivity index (χ3v) is 6.06. The highest BCUT2D eigenvalue weighted by Crippen LogP contribution is 2.26. The summed E-state index contributed by atoms with van der Waals surface area (Å²) in [7, 11) is -1.17. The van der Waals surface area contributed by atoms with Crippen molar-refractivity contribution in [2.75, 3.05) is 19.4 Å². The third kappa shape index (κ3) is 3.86. The van der Waals surface area contributed by atoms with Crippen molar-refractivity contribution in [3.8, 4) is 5.69 Å². The molecule has 1 aromatic heterocycles. The van der Waals surface area contributed by atoms with Crippen LogP contribution in [0.25, 0.3) is 5.69 Å². The van der Waals surface area contributed by atoms with E-state index in [1.54, 1.807) is 0 Å². The first-order valence-electron chi connectivity index (χ1n) is 7.76. The summed E-state index contributed by atoms with van der Waals surface area (Å²) < 4.78 is 41.1. The van der Waals surface area contributed by atoms with Crippen LogP contribution >= 0.6 is 11.6 Å². The molecule has 0 saturated carbocycles. The molecule has 0 bridgehead atoms. The monoisotopic (exact) mass is 424 g/mol. The number of hydrogen-bond donors (Lipinski definition) is 1. The molecule has 9 nitrogen and oxygen atoms in total. The molecule has 1 heterocycles. The molecule has 12 heteroatoms. The number of aromatic nitrogens is 4. The highest BCUT2D eigenvalue weighted by Gasteiger charge is 2.22. The number of nitrogens with zero attached hydrogens (tertiary/aromatic N) is 5. The fraction of sp³-hybridized carbons (Fsp3) is 0.125. The van der Waals surface area contributed by atoms with Gasteiger partial charge in [0, 0.05) is 19.7 Å². The summed E-state index contributed by atoms with van der Waals surface area (Å²) in [5.74, 6) is -1.39. The minimum absolute atomic E-state index is 0.00273. The Morgan fingerprint density at radius 1 is 1.21 bits per heavy atom. The van der Waals surface area contributed by atoms with Crippen LogP contribution in [0.3, 0.4) is 0 Å². The lowest BCUT2D eigenvalue weighted by Crippen LogP contribution is -2.23. The van der Waals surface area contributed by atoms with Crippen LogP contribution in [0.4, 0.5) is 10.1 Å². The molecule has 146 valence electrons. The number of benzene rings is 2. The summed E-state index contributed by atoms with van der Waals surface area (Å²) in [5, 5.41) is 13.1. The van der Waals surface area contributed by atoms with Gasteiger partial charge in [-0.15, -0.1) is 5.10 Å². The Balaban J connectivity index is 1.93. The zero-order valence-electron chi connectivity index (χ0n) is 14.7. The first-order valence-corrected chi connectivity index (χ1v) is 9.58. The average molecular weight is 425 g/mol. The zero-order chi connectivity index (χ0) is 20.5. The lowest BCUT2D eigenvalue weighted by molar-refractivity contribution is 0.102. The maximum Gasteiger partial charge on any atom is 0.255 e. The molecule has 1 N–H and O–H groups in total. The van der Waals surface area contributed by atoms with Gasteiger partial charge < -0.3 is 5.32 Å². The van der Waals surface area contributed by atoms with Gasteiger partial charge in [0.05, 0.1) is 16.4 Å². The van der Waals surface area contributed by atoms with E-state index in [0.29, 0.717) is 5.69 Å². The van der Waals surface area contributed by atoms with Gasteiger partial charge in [-0.1, -0.05) is 11.6 Å². The number of nitrogens with one attached hydrogen (secondary N) is 1. The number of carbonyl (C=O) groups excluding carboxylic acids is 1. The Hall–Kier alpha value is -2.89. The van der Waals surface area contributed by atoms with Crippen molar-refractivity contribution in [1.82, 2.24) is 24.5 Å². The van der Waals surface area contributed by atoms with E-state index in [1.807, 2.05) is 0 Å². The van der Waals surface area contributed by atoms with Gasteiger partial charge in [-0.3, -0.25) is 4.79 Å². The van der Waals surface area contributed by atoms with Crippen molar-refractivity contribution in [3.05, 3.63) is 59.1 Å². The number of amides is 1. The van der Waals surface area contributed by atoms with Crippen molar-refractivity contribution in [1.29, 1.82) is 0 Å². The van der Waals surface area contributed by atoms with E-state index in [4.69, 9.17) is 11.6 Å². The summed E-state index contributed by atoms with van der Waals surface area (Å²) in [6.45, 7) is 0. The SMILES string of the molecule is CN(C)S(=O)(=O)c1cc(C(=O)Nc2cc(-n3cnnn3)ccc2F)ccc1Cl. The molecule has 0 fully saturated rings. The Morgan fingerprint density at radius 2 is 1.96 bits per heavy atom. The van der Waals surface area contributed by atoms with E-state index >= 15 is 0 Å². The normalized spacial score (nSPS) is 11.6. The Kier molecular flexibility index (Phi) is 5.40. The van der Waals surface area contributed by atoms with E-state index in [2.05, 4.69) is 20.8 Å². The number of rotatable bonds is 5. The fourth-order valence-corrected chi connectivity index (χ4v) is 3.66. The zero-order valence-corrected chi connectivity index (χ0v) is 16.2. The van der Waals surface area contributed by atoms with E-state index in [9.17, 15) is 17.6 Å². The number of carbonyl (C=O) groups is 1. The largest absolute Gasteiger partial charge is 0.319 e. The van der Waals surface area contributed by atoms with Gasteiger partial charge in [-0.05, 0) is 46.8 Å². The molecule has 0 saturated heterocycles. The Morgan fingerprint density at radius 3 is 2.61 bits per heavy atom. The quantitative estimate of drug-likeness (QED) is 0.670. The fourth-order valence-electron chi connectivity index (χ4n) is 2.26.